The third-order valence-electron chi connectivity index (χ3n) is 2.09. The second kappa shape index (κ2) is 5.00. The van der Waals surface area contributed by atoms with E-state index in [1.165, 1.54) is 17.4 Å². The summed E-state index contributed by atoms with van der Waals surface area (Å²) in [6.07, 6.45) is 3.42. The summed E-state index contributed by atoms with van der Waals surface area (Å²) < 4.78 is 0. The van der Waals surface area contributed by atoms with Crippen molar-refractivity contribution in [2.75, 3.05) is 6.54 Å². The summed E-state index contributed by atoms with van der Waals surface area (Å²) in [6.45, 7) is 0.660. The first-order chi connectivity index (χ1) is 7.79. The molecule has 0 amide bonds. The van der Waals surface area contributed by atoms with Crippen molar-refractivity contribution in [1.29, 1.82) is 0 Å². The summed E-state index contributed by atoms with van der Waals surface area (Å²) in [5, 5.41) is 9.95. The molecule has 0 unspecified atom stereocenters. The van der Waals surface area contributed by atoms with E-state index in [0.29, 0.717) is 6.54 Å². The first-order valence-corrected chi connectivity index (χ1v) is 5.83. The van der Waals surface area contributed by atoms with Gasteiger partial charge < -0.3 is 10.7 Å². The van der Waals surface area contributed by atoms with E-state index in [2.05, 4.69) is 15.2 Å². The zero-order valence-electron chi connectivity index (χ0n) is 8.64. The second-order valence-electron chi connectivity index (χ2n) is 3.33. The average Bonchev–Trinajstić information content (AvgIpc) is 2.76. The molecule has 0 saturated carbocycles. The Kier molecular flexibility index (Phi) is 3.43. The van der Waals surface area contributed by atoms with Crippen LogP contribution in [0.25, 0.3) is 10.6 Å². The molecule has 0 atom stereocenters. The van der Waals surface area contributed by atoms with Crippen molar-refractivity contribution in [3.8, 4) is 10.6 Å². The van der Waals surface area contributed by atoms with Crippen molar-refractivity contribution >= 4 is 11.3 Å². The minimum absolute atomic E-state index is 0.114. The Hall–Kier alpha value is -1.53. The van der Waals surface area contributed by atoms with Crippen molar-refractivity contribution < 1.29 is 0 Å². The van der Waals surface area contributed by atoms with Gasteiger partial charge in [0.1, 0.15) is 10.0 Å². The fourth-order valence-electron chi connectivity index (χ4n) is 1.27. The maximum absolute atomic E-state index is 10.9. The molecule has 0 aliphatic carbocycles. The molecule has 16 heavy (non-hydrogen) atoms. The lowest BCUT2D eigenvalue weighted by molar-refractivity contribution is 0.812. The van der Waals surface area contributed by atoms with Gasteiger partial charge in [0.2, 0.25) is 5.56 Å². The Bertz CT molecular complexity index is 499. The highest BCUT2D eigenvalue weighted by molar-refractivity contribution is 7.14. The van der Waals surface area contributed by atoms with Gasteiger partial charge >= 0.3 is 0 Å². The molecule has 0 fully saturated rings. The molecular formula is C10H12N4OS. The van der Waals surface area contributed by atoms with Gasteiger partial charge in [-0.15, -0.1) is 10.2 Å². The molecule has 2 rings (SSSR count). The lowest BCUT2D eigenvalue weighted by atomic mass is 10.3. The van der Waals surface area contributed by atoms with E-state index in [1.807, 2.05) is 0 Å². The summed E-state index contributed by atoms with van der Waals surface area (Å²) in [7, 11) is 0. The molecule has 3 N–H and O–H groups in total. The van der Waals surface area contributed by atoms with Crippen LogP contribution in [-0.2, 0) is 6.42 Å². The number of aromatic nitrogens is 3. The number of nitrogens with one attached hydrogen (secondary N) is 1. The number of aryl methyl sites for hydroxylation is 1. The van der Waals surface area contributed by atoms with Crippen molar-refractivity contribution in [2.24, 2.45) is 5.73 Å². The van der Waals surface area contributed by atoms with E-state index in [9.17, 15) is 4.79 Å². The third kappa shape index (κ3) is 2.53. The van der Waals surface area contributed by atoms with Gasteiger partial charge in [-0.05, 0) is 19.0 Å². The Morgan fingerprint density at radius 3 is 2.94 bits per heavy atom. The molecule has 0 bridgehead atoms. The Balaban J connectivity index is 2.18. The highest BCUT2D eigenvalue weighted by atomic mass is 32.1. The van der Waals surface area contributed by atoms with Crippen LogP contribution in [0, 0.1) is 0 Å². The number of aromatic amines is 1. The summed E-state index contributed by atoms with van der Waals surface area (Å²) in [5.74, 6) is 0. The highest BCUT2D eigenvalue weighted by Crippen LogP contribution is 2.22. The minimum Gasteiger partial charge on any atom is -0.330 e. The number of hydrogen-bond acceptors (Lipinski definition) is 5. The number of pyridine rings is 1. The Labute approximate surface area is 96.4 Å². The van der Waals surface area contributed by atoms with E-state index in [0.717, 1.165) is 28.4 Å². The van der Waals surface area contributed by atoms with Crippen LogP contribution in [0.2, 0.25) is 0 Å². The van der Waals surface area contributed by atoms with Crippen LogP contribution in [0.3, 0.4) is 0 Å². The van der Waals surface area contributed by atoms with Gasteiger partial charge in [0.05, 0.1) is 0 Å². The third-order valence-corrected chi connectivity index (χ3v) is 3.12. The predicted octanol–water partition coefficient (Wildman–Crippen LogP) is 0.785. The standard InChI is InChI=1S/C10H12N4OS/c11-5-1-2-9-13-14-10(16-9)7-3-4-8(15)12-6-7/h3-4,6H,1-2,5,11H2,(H,12,15). The Morgan fingerprint density at radius 1 is 1.38 bits per heavy atom. The molecule has 5 nitrogen and oxygen atoms in total. The zero-order chi connectivity index (χ0) is 11.4. The fraction of sp³-hybridized carbons (Fsp3) is 0.300. The van der Waals surface area contributed by atoms with Crippen molar-refractivity contribution in [2.45, 2.75) is 12.8 Å². The molecule has 0 aliphatic rings. The van der Waals surface area contributed by atoms with Crippen LogP contribution in [0.1, 0.15) is 11.4 Å². The summed E-state index contributed by atoms with van der Waals surface area (Å²) >= 11 is 1.53. The van der Waals surface area contributed by atoms with Gasteiger partial charge in [-0.2, -0.15) is 0 Å². The van der Waals surface area contributed by atoms with E-state index >= 15 is 0 Å². The number of nitrogens with two attached hydrogens (primary N) is 1. The van der Waals surface area contributed by atoms with Crippen LogP contribution < -0.4 is 11.3 Å². The lowest BCUT2D eigenvalue weighted by Gasteiger charge is -1.92. The molecule has 0 saturated heterocycles. The zero-order valence-corrected chi connectivity index (χ0v) is 9.46. The van der Waals surface area contributed by atoms with Crippen molar-refractivity contribution in [3.63, 3.8) is 0 Å². The maximum Gasteiger partial charge on any atom is 0.247 e. The summed E-state index contributed by atoms with van der Waals surface area (Å²) in [6, 6.07) is 3.22. The Morgan fingerprint density at radius 2 is 2.25 bits per heavy atom. The largest absolute Gasteiger partial charge is 0.330 e. The van der Waals surface area contributed by atoms with Gasteiger partial charge in [0, 0.05) is 24.2 Å². The predicted molar refractivity (Wildman–Crippen MR) is 63.3 cm³/mol. The average molecular weight is 236 g/mol. The van der Waals surface area contributed by atoms with Crippen LogP contribution in [0.4, 0.5) is 0 Å². The molecule has 0 aromatic carbocycles. The van der Waals surface area contributed by atoms with E-state index in [-0.39, 0.29) is 5.56 Å². The fourth-order valence-corrected chi connectivity index (χ4v) is 2.15. The highest BCUT2D eigenvalue weighted by Gasteiger charge is 2.05. The first-order valence-electron chi connectivity index (χ1n) is 5.01. The van der Waals surface area contributed by atoms with E-state index in [4.69, 9.17) is 5.73 Å². The van der Waals surface area contributed by atoms with Crippen LogP contribution in [0.15, 0.2) is 23.1 Å². The second-order valence-corrected chi connectivity index (χ2v) is 4.40. The van der Waals surface area contributed by atoms with E-state index in [1.54, 1.807) is 12.3 Å². The molecule has 6 heteroatoms. The monoisotopic (exact) mass is 236 g/mol. The molecule has 0 spiro atoms. The SMILES string of the molecule is NCCCc1nnc(-c2ccc(=O)[nH]c2)s1. The minimum atomic E-state index is -0.114. The molecule has 84 valence electrons. The normalized spacial score (nSPS) is 10.6. The molecule has 0 aliphatic heterocycles. The van der Waals surface area contributed by atoms with Gasteiger partial charge in [0.15, 0.2) is 0 Å². The van der Waals surface area contributed by atoms with Gasteiger partial charge in [-0.3, -0.25) is 4.79 Å². The molecular weight excluding hydrogens is 224 g/mol. The number of nitrogens with zero attached hydrogens (tertiary/aromatic N) is 2. The molecule has 2 heterocycles. The van der Waals surface area contributed by atoms with Gasteiger partial charge in [0.25, 0.3) is 0 Å². The topological polar surface area (TPSA) is 84.7 Å². The summed E-state index contributed by atoms with van der Waals surface area (Å²) in [5.41, 5.74) is 6.20. The number of rotatable bonds is 4. The molecule has 2 aromatic rings. The smallest absolute Gasteiger partial charge is 0.247 e. The van der Waals surface area contributed by atoms with Gasteiger partial charge in [-0.1, -0.05) is 11.3 Å². The van der Waals surface area contributed by atoms with Crippen LogP contribution in [-0.4, -0.2) is 21.7 Å². The lowest BCUT2D eigenvalue weighted by Crippen LogP contribution is -2.01. The number of H-pyrrole nitrogens is 1. The number of hydrogen-bond donors (Lipinski definition) is 2. The quantitative estimate of drug-likeness (QED) is 0.821. The van der Waals surface area contributed by atoms with Crippen LogP contribution in [0.5, 0.6) is 0 Å². The first kappa shape index (κ1) is 11.0. The summed E-state index contributed by atoms with van der Waals surface area (Å²) in [4.78, 5) is 13.5. The van der Waals surface area contributed by atoms with E-state index < -0.39 is 0 Å². The van der Waals surface area contributed by atoms with Gasteiger partial charge in [-0.25, -0.2) is 0 Å². The van der Waals surface area contributed by atoms with Crippen molar-refractivity contribution in [3.05, 3.63) is 33.7 Å². The van der Waals surface area contributed by atoms with Crippen molar-refractivity contribution in [1.82, 2.24) is 15.2 Å². The molecule has 0 radical (unpaired) electrons. The maximum atomic E-state index is 10.9. The van der Waals surface area contributed by atoms with Crippen LogP contribution >= 0.6 is 11.3 Å². The molecule has 2 aromatic heterocycles.